The van der Waals surface area contributed by atoms with E-state index in [0.29, 0.717) is 13.2 Å². The smallest absolute Gasteiger partial charge is 0.127 e. The predicted octanol–water partition coefficient (Wildman–Crippen LogP) is 2.36. The highest BCUT2D eigenvalue weighted by Crippen LogP contribution is 2.34. The zero-order chi connectivity index (χ0) is 13.8. The summed E-state index contributed by atoms with van der Waals surface area (Å²) in [7, 11) is 1.95. The van der Waals surface area contributed by atoms with Crippen molar-refractivity contribution in [2.45, 2.75) is 12.5 Å². The summed E-state index contributed by atoms with van der Waals surface area (Å²) in [5.74, 6) is 1.78. The molecule has 0 saturated carbocycles. The van der Waals surface area contributed by atoms with Gasteiger partial charge in [-0.3, -0.25) is 4.98 Å². The van der Waals surface area contributed by atoms with E-state index >= 15 is 0 Å². The Morgan fingerprint density at radius 1 is 1.30 bits per heavy atom. The van der Waals surface area contributed by atoms with E-state index in [2.05, 4.69) is 16.4 Å². The van der Waals surface area contributed by atoms with Gasteiger partial charge in [-0.2, -0.15) is 0 Å². The van der Waals surface area contributed by atoms with Gasteiger partial charge in [0, 0.05) is 30.4 Å². The number of rotatable bonds is 5. The topological polar surface area (TPSA) is 43.4 Å². The van der Waals surface area contributed by atoms with Gasteiger partial charge in [0.15, 0.2) is 0 Å². The molecule has 0 bridgehead atoms. The van der Waals surface area contributed by atoms with Gasteiger partial charge in [0.05, 0.1) is 12.6 Å². The Morgan fingerprint density at radius 2 is 2.15 bits per heavy atom. The van der Waals surface area contributed by atoms with Gasteiger partial charge < -0.3 is 14.8 Å². The van der Waals surface area contributed by atoms with Crippen LogP contribution in [0.25, 0.3) is 0 Å². The summed E-state index contributed by atoms with van der Waals surface area (Å²) >= 11 is 0. The quantitative estimate of drug-likeness (QED) is 0.905. The molecule has 4 heteroatoms. The molecule has 2 aromatic rings. The number of hydrogen-bond donors (Lipinski definition) is 1. The van der Waals surface area contributed by atoms with E-state index < -0.39 is 0 Å². The molecule has 0 amide bonds. The van der Waals surface area contributed by atoms with E-state index in [0.717, 1.165) is 17.9 Å². The fourth-order valence-electron chi connectivity index (χ4n) is 2.36. The lowest BCUT2D eigenvalue weighted by Crippen LogP contribution is -2.17. The van der Waals surface area contributed by atoms with E-state index in [9.17, 15) is 0 Å². The summed E-state index contributed by atoms with van der Waals surface area (Å²) < 4.78 is 11.4. The van der Waals surface area contributed by atoms with Gasteiger partial charge >= 0.3 is 0 Å². The minimum Gasteiger partial charge on any atom is -0.493 e. The van der Waals surface area contributed by atoms with Crippen molar-refractivity contribution in [3.63, 3.8) is 0 Å². The van der Waals surface area contributed by atoms with E-state index in [4.69, 9.17) is 9.47 Å². The van der Waals surface area contributed by atoms with E-state index in [-0.39, 0.29) is 6.04 Å². The van der Waals surface area contributed by atoms with Crippen LogP contribution in [0.5, 0.6) is 11.5 Å². The molecular formula is C16H18N2O2. The Kier molecular flexibility index (Phi) is 3.83. The average Bonchev–Trinajstić information content (AvgIpc) is 2.90. The lowest BCUT2D eigenvalue weighted by atomic mass is 10.1. The summed E-state index contributed by atoms with van der Waals surface area (Å²) in [6.07, 6.45) is 4.48. The Hall–Kier alpha value is -2.07. The van der Waals surface area contributed by atoms with Crippen LogP contribution in [0, 0.1) is 0 Å². The van der Waals surface area contributed by atoms with Crippen LogP contribution in [0.1, 0.15) is 17.2 Å². The van der Waals surface area contributed by atoms with Crippen molar-refractivity contribution in [3.05, 3.63) is 53.9 Å². The molecular weight excluding hydrogens is 252 g/mol. The molecule has 4 nitrogen and oxygen atoms in total. The number of pyridine rings is 1. The molecule has 1 aromatic heterocycles. The van der Waals surface area contributed by atoms with Gasteiger partial charge in [0.25, 0.3) is 0 Å². The SMILES string of the molecule is CNC1COc2cc(OCCc3ccncc3)ccc21. The number of likely N-dealkylation sites (N-methyl/N-ethyl adjacent to an activating group) is 1. The first kappa shape index (κ1) is 12.9. The Morgan fingerprint density at radius 3 is 2.95 bits per heavy atom. The minimum atomic E-state index is 0.288. The third-order valence-electron chi connectivity index (χ3n) is 3.52. The second-order valence-electron chi connectivity index (χ2n) is 4.81. The van der Waals surface area contributed by atoms with Gasteiger partial charge in [-0.1, -0.05) is 0 Å². The van der Waals surface area contributed by atoms with Crippen molar-refractivity contribution in [1.29, 1.82) is 0 Å². The highest BCUT2D eigenvalue weighted by molar-refractivity contribution is 5.45. The molecule has 0 fully saturated rings. The molecule has 3 rings (SSSR count). The van der Waals surface area contributed by atoms with Crippen molar-refractivity contribution in [3.8, 4) is 11.5 Å². The van der Waals surface area contributed by atoms with E-state index in [1.165, 1.54) is 11.1 Å². The zero-order valence-electron chi connectivity index (χ0n) is 11.5. The fourth-order valence-corrected chi connectivity index (χ4v) is 2.36. The molecule has 1 aliphatic heterocycles. The standard InChI is InChI=1S/C16H18N2O2/c1-17-15-11-20-16-10-13(2-3-14(15)16)19-9-6-12-4-7-18-8-5-12/h2-5,7-8,10,15,17H,6,9,11H2,1H3. The van der Waals surface area contributed by atoms with Gasteiger partial charge in [0.2, 0.25) is 0 Å². The van der Waals surface area contributed by atoms with Crippen LogP contribution in [0.3, 0.4) is 0 Å². The average molecular weight is 270 g/mol. The van der Waals surface area contributed by atoms with Gasteiger partial charge in [-0.15, -0.1) is 0 Å². The van der Waals surface area contributed by atoms with Gasteiger partial charge in [-0.05, 0) is 36.9 Å². The van der Waals surface area contributed by atoms with Gasteiger partial charge in [0.1, 0.15) is 18.1 Å². The third-order valence-corrected chi connectivity index (χ3v) is 3.52. The molecule has 0 spiro atoms. The molecule has 1 atom stereocenters. The summed E-state index contributed by atoms with van der Waals surface area (Å²) in [4.78, 5) is 4.00. The second-order valence-corrected chi connectivity index (χ2v) is 4.81. The number of aromatic nitrogens is 1. The van der Waals surface area contributed by atoms with Crippen molar-refractivity contribution in [1.82, 2.24) is 10.3 Å². The Labute approximate surface area is 118 Å². The maximum Gasteiger partial charge on any atom is 0.127 e. The van der Waals surface area contributed by atoms with Crippen LogP contribution < -0.4 is 14.8 Å². The third kappa shape index (κ3) is 2.75. The zero-order valence-corrected chi connectivity index (χ0v) is 11.5. The largest absolute Gasteiger partial charge is 0.493 e. The van der Waals surface area contributed by atoms with E-state index in [1.807, 2.05) is 31.3 Å². The van der Waals surface area contributed by atoms with Crippen LogP contribution in [-0.2, 0) is 6.42 Å². The normalized spacial score (nSPS) is 16.6. The maximum absolute atomic E-state index is 5.78. The number of benzene rings is 1. The monoisotopic (exact) mass is 270 g/mol. The lowest BCUT2D eigenvalue weighted by molar-refractivity contribution is 0.308. The van der Waals surface area contributed by atoms with Crippen LogP contribution in [-0.4, -0.2) is 25.2 Å². The molecule has 0 aliphatic carbocycles. The molecule has 0 saturated heterocycles. The van der Waals surface area contributed by atoms with Crippen LogP contribution >= 0.6 is 0 Å². The summed E-state index contributed by atoms with van der Waals surface area (Å²) in [6.45, 7) is 1.34. The predicted molar refractivity (Wildman–Crippen MR) is 77.2 cm³/mol. The van der Waals surface area contributed by atoms with Crippen LogP contribution in [0.15, 0.2) is 42.7 Å². The molecule has 104 valence electrons. The number of fused-ring (bicyclic) bond motifs is 1. The Balaban J connectivity index is 1.59. The first-order valence-electron chi connectivity index (χ1n) is 6.82. The molecule has 20 heavy (non-hydrogen) atoms. The minimum absolute atomic E-state index is 0.288. The fraction of sp³-hybridized carbons (Fsp3) is 0.312. The number of ether oxygens (including phenoxy) is 2. The molecule has 1 N–H and O–H groups in total. The number of hydrogen-bond acceptors (Lipinski definition) is 4. The summed E-state index contributed by atoms with van der Waals surface area (Å²) in [5.41, 5.74) is 2.43. The molecule has 2 heterocycles. The number of nitrogens with one attached hydrogen (secondary N) is 1. The summed E-state index contributed by atoms with van der Waals surface area (Å²) in [5, 5.41) is 3.23. The lowest BCUT2D eigenvalue weighted by Gasteiger charge is -2.09. The van der Waals surface area contributed by atoms with Crippen molar-refractivity contribution in [2.24, 2.45) is 0 Å². The number of nitrogens with zero attached hydrogens (tertiary/aromatic N) is 1. The van der Waals surface area contributed by atoms with Crippen molar-refractivity contribution >= 4 is 0 Å². The van der Waals surface area contributed by atoms with Crippen molar-refractivity contribution in [2.75, 3.05) is 20.3 Å². The maximum atomic E-state index is 5.78. The van der Waals surface area contributed by atoms with Crippen LogP contribution in [0.2, 0.25) is 0 Å². The first-order valence-corrected chi connectivity index (χ1v) is 6.82. The highest BCUT2D eigenvalue weighted by atomic mass is 16.5. The summed E-state index contributed by atoms with van der Waals surface area (Å²) in [6, 6.07) is 10.4. The molecule has 1 unspecified atom stereocenters. The highest BCUT2D eigenvalue weighted by Gasteiger charge is 2.22. The molecule has 1 aliphatic rings. The molecule has 0 radical (unpaired) electrons. The van der Waals surface area contributed by atoms with Gasteiger partial charge in [-0.25, -0.2) is 0 Å². The first-order chi connectivity index (χ1) is 9.86. The Bertz CT molecular complexity index is 572. The molecule has 1 aromatic carbocycles. The second kappa shape index (κ2) is 5.92. The van der Waals surface area contributed by atoms with Crippen LogP contribution in [0.4, 0.5) is 0 Å². The van der Waals surface area contributed by atoms with E-state index in [1.54, 1.807) is 12.4 Å². The van der Waals surface area contributed by atoms with Crippen molar-refractivity contribution < 1.29 is 9.47 Å².